The maximum atomic E-state index is 6.14. The predicted octanol–water partition coefficient (Wildman–Crippen LogP) is 3.48. The highest BCUT2D eigenvalue weighted by molar-refractivity contribution is 5.67. The molecular weight excluding hydrogens is 302 g/mol. The van der Waals surface area contributed by atoms with Crippen molar-refractivity contribution >= 4 is 11.5 Å². The van der Waals surface area contributed by atoms with E-state index in [1.807, 2.05) is 37.3 Å². The number of hydrogen-bond acceptors (Lipinski definition) is 6. The van der Waals surface area contributed by atoms with Crippen molar-refractivity contribution < 1.29 is 4.74 Å². The number of nitrogens with two attached hydrogens (primary N) is 1. The number of aromatic nitrogens is 3. The summed E-state index contributed by atoms with van der Waals surface area (Å²) in [5, 5.41) is 3.18. The molecule has 0 aliphatic rings. The summed E-state index contributed by atoms with van der Waals surface area (Å²) in [6.45, 7) is 4.66. The number of nitrogens with one attached hydrogen (secondary N) is 1. The average Bonchev–Trinajstić information content (AvgIpc) is 2.60. The molecule has 0 atom stereocenters. The van der Waals surface area contributed by atoms with Gasteiger partial charge in [0.25, 0.3) is 0 Å². The third-order valence-electron chi connectivity index (χ3n) is 3.72. The maximum absolute atomic E-state index is 6.14. The maximum Gasteiger partial charge on any atom is 0.248 e. The van der Waals surface area contributed by atoms with Gasteiger partial charge in [-0.05, 0) is 48.7 Å². The minimum atomic E-state index is 0.335. The fourth-order valence-electron chi connectivity index (χ4n) is 2.18. The molecule has 0 bridgehead atoms. The third kappa shape index (κ3) is 3.60. The first-order valence-electron chi connectivity index (χ1n) is 7.62. The van der Waals surface area contributed by atoms with Gasteiger partial charge in [0.05, 0.1) is 0 Å². The predicted molar refractivity (Wildman–Crippen MR) is 94.0 cm³/mol. The quantitative estimate of drug-likeness (QED) is 0.748. The molecule has 1 aromatic carbocycles. The second kappa shape index (κ2) is 6.95. The van der Waals surface area contributed by atoms with Gasteiger partial charge in [0.2, 0.25) is 5.88 Å². The standard InChI is InChI=1S/C18H19N5O/c1-12-5-6-15(8-13(12)2)24-18-16(19)17(22-11-23-18)21-10-14-4-3-7-20-9-14/h3-9,11H,10,19H2,1-2H3,(H,21,22,23). The van der Waals surface area contributed by atoms with Crippen LogP contribution in [0.25, 0.3) is 0 Å². The Kier molecular flexibility index (Phi) is 4.56. The zero-order valence-electron chi connectivity index (χ0n) is 13.7. The van der Waals surface area contributed by atoms with Crippen LogP contribution < -0.4 is 15.8 Å². The largest absolute Gasteiger partial charge is 0.437 e. The van der Waals surface area contributed by atoms with Crippen LogP contribution in [0.1, 0.15) is 16.7 Å². The number of ether oxygens (including phenoxy) is 1. The summed E-state index contributed by atoms with van der Waals surface area (Å²) in [6, 6.07) is 9.72. The molecule has 122 valence electrons. The second-order valence-corrected chi connectivity index (χ2v) is 5.50. The van der Waals surface area contributed by atoms with E-state index in [9.17, 15) is 0 Å². The first kappa shape index (κ1) is 15.7. The van der Waals surface area contributed by atoms with Gasteiger partial charge in [0.1, 0.15) is 17.8 Å². The Morgan fingerprint density at radius 3 is 2.75 bits per heavy atom. The van der Waals surface area contributed by atoms with Gasteiger partial charge in [0.15, 0.2) is 5.82 Å². The monoisotopic (exact) mass is 321 g/mol. The number of benzene rings is 1. The fourth-order valence-corrected chi connectivity index (χ4v) is 2.18. The van der Waals surface area contributed by atoms with E-state index >= 15 is 0 Å². The zero-order chi connectivity index (χ0) is 16.9. The molecule has 0 spiro atoms. The lowest BCUT2D eigenvalue weighted by molar-refractivity contribution is 0.464. The third-order valence-corrected chi connectivity index (χ3v) is 3.72. The average molecular weight is 321 g/mol. The molecule has 2 heterocycles. The Morgan fingerprint density at radius 1 is 1.12 bits per heavy atom. The molecule has 0 unspecified atom stereocenters. The molecule has 6 nitrogen and oxygen atoms in total. The van der Waals surface area contributed by atoms with E-state index in [4.69, 9.17) is 10.5 Å². The van der Waals surface area contributed by atoms with Crippen LogP contribution in [0.15, 0.2) is 49.1 Å². The number of pyridine rings is 1. The molecule has 0 saturated heterocycles. The molecular formula is C18H19N5O. The van der Waals surface area contributed by atoms with Crippen LogP contribution in [0.4, 0.5) is 11.5 Å². The van der Waals surface area contributed by atoms with Crippen molar-refractivity contribution in [3.63, 3.8) is 0 Å². The smallest absolute Gasteiger partial charge is 0.248 e. The van der Waals surface area contributed by atoms with Crippen molar-refractivity contribution in [1.29, 1.82) is 0 Å². The van der Waals surface area contributed by atoms with E-state index < -0.39 is 0 Å². The highest BCUT2D eigenvalue weighted by Gasteiger charge is 2.10. The van der Waals surface area contributed by atoms with Crippen molar-refractivity contribution in [2.24, 2.45) is 0 Å². The molecule has 0 amide bonds. The van der Waals surface area contributed by atoms with Gasteiger partial charge in [-0.1, -0.05) is 12.1 Å². The van der Waals surface area contributed by atoms with Gasteiger partial charge >= 0.3 is 0 Å². The van der Waals surface area contributed by atoms with Gasteiger partial charge in [-0.25, -0.2) is 4.98 Å². The molecule has 0 radical (unpaired) electrons. The van der Waals surface area contributed by atoms with Gasteiger partial charge in [-0.15, -0.1) is 0 Å². The zero-order valence-corrected chi connectivity index (χ0v) is 13.7. The normalized spacial score (nSPS) is 10.4. The highest BCUT2D eigenvalue weighted by atomic mass is 16.5. The topological polar surface area (TPSA) is 86.0 Å². The summed E-state index contributed by atoms with van der Waals surface area (Å²) in [4.78, 5) is 12.4. The van der Waals surface area contributed by atoms with E-state index in [0.29, 0.717) is 29.7 Å². The SMILES string of the molecule is Cc1ccc(Oc2ncnc(NCc3cccnc3)c2N)cc1C. The minimum Gasteiger partial charge on any atom is -0.437 e. The molecule has 3 rings (SSSR count). The number of nitrogen functional groups attached to an aromatic ring is 1. The lowest BCUT2D eigenvalue weighted by Crippen LogP contribution is -2.07. The number of nitrogens with zero attached hydrogens (tertiary/aromatic N) is 3. The lowest BCUT2D eigenvalue weighted by Gasteiger charge is -2.12. The van der Waals surface area contributed by atoms with Gasteiger partial charge in [-0.3, -0.25) is 4.98 Å². The Labute approximate surface area is 140 Å². The Balaban J connectivity index is 1.76. The summed E-state index contributed by atoms with van der Waals surface area (Å²) < 4.78 is 5.81. The molecule has 24 heavy (non-hydrogen) atoms. The first-order chi connectivity index (χ1) is 11.6. The summed E-state index contributed by atoms with van der Waals surface area (Å²) >= 11 is 0. The van der Waals surface area contributed by atoms with E-state index in [2.05, 4.69) is 27.2 Å². The first-order valence-corrected chi connectivity index (χ1v) is 7.62. The summed E-state index contributed by atoms with van der Waals surface area (Å²) in [5.41, 5.74) is 9.90. The van der Waals surface area contributed by atoms with E-state index in [1.165, 1.54) is 11.9 Å². The minimum absolute atomic E-state index is 0.335. The van der Waals surface area contributed by atoms with Crippen LogP contribution in [0, 0.1) is 13.8 Å². The van der Waals surface area contributed by atoms with Gasteiger partial charge in [-0.2, -0.15) is 4.98 Å². The van der Waals surface area contributed by atoms with Crippen molar-refractivity contribution in [3.8, 4) is 11.6 Å². The van der Waals surface area contributed by atoms with Crippen molar-refractivity contribution in [2.75, 3.05) is 11.1 Å². The molecule has 3 aromatic rings. The van der Waals surface area contributed by atoms with Crippen molar-refractivity contribution in [2.45, 2.75) is 20.4 Å². The Morgan fingerprint density at radius 2 is 2.00 bits per heavy atom. The molecule has 0 aliphatic heterocycles. The van der Waals surface area contributed by atoms with Crippen molar-refractivity contribution in [1.82, 2.24) is 15.0 Å². The molecule has 6 heteroatoms. The lowest BCUT2D eigenvalue weighted by atomic mass is 10.1. The molecule has 0 saturated carbocycles. The summed E-state index contributed by atoms with van der Waals surface area (Å²) in [6.07, 6.45) is 4.95. The van der Waals surface area contributed by atoms with Crippen LogP contribution in [0.5, 0.6) is 11.6 Å². The second-order valence-electron chi connectivity index (χ2n) is 5.50. The van der Waals surface area contributed by atoms with Crippen LogP contribution in [-0.2, 0) is 6.54 Å². The fraction of sp³-hybridized carbons (Fsp3) is 0.167. The Bertz CT molecular complexity index is 836. The number of hydrogen-bond donors (Lipinski definition) is 2. The molecule has 3 N–H and O–H groups in total. The number of anilines is 2. The molecule has 2 aromatic heterocycles. The van der Waals surface area contributed by atoms with Crippen molar-refractivity contribution in [3.05, 3.63) is 65.7 Å². The Hall–Kier alpha value is -3.15. The highest BCUT2D eigenvalue weighted by Crippen LogP contribution is 2.30. The van der Waals surface area contributed by atoms with E-state index in [0.717, 1.165) is 11.1 Å². The molecule has 0 aliphatic carbocycles. The van der Waals surface area contributed by atoms with E-state index in [-0.39, 0.29) is 0 Å². The molecule has 0 fully saturated rings. The van der Waals surface area contributed by atoms with Crippen LogP contribution >= 0.6 is 0 Å². The van der Waals surface area contributed by atoms with Crippen LogP contribution in [0.2, 0.25) is 0 Å². The van der Waals surface area contributed by atoms with E-state index in [1.54, 1.807) is 12.4 Å². The number of aryl methyl sites for hydroxylation is 2. The van der Waals surface area contributed by atoms with Gasteiger partial charge in [0, 0.05) is 18.9 Å². The van der Waals surface area contributed by atoms with Crippen LogP contribution in [-0.4, -0.2) is 15.0 Å². The summed E-state index contributed by atoms with van der Waals surface area (Å²) in [7, 11) is 0. The number of rotatable bonds is 5. The van der Waals surface area contributed by atoms with Crippen LogP contribution in [0.3, 0.4) is 0 Å². The summed E-state index contributed by atoms with van der Waals surface area (Å²) in [5.74, 6) is 1.57. The van der Waals surface area contributed by atoms with Gasteiger partial charge < -0.3 is 15.8 Å².